The number of nitrogens with one attached hydrogen (secondary N) is 1. The lowest BCUT2D eigenvalue weighted by molar-refractivity contribution is -0.133. The Bertz CT molecular complexity index is 344. The van der Waals surface area contributed by atoms with Crippen molar-refractivity contribution in [3.8, 4) is 0 Å². The maximum Gasteiger partial charge on any atom is 0.236 e. The Hall–Kier alpha value is -0.650. The molecule has 0 saturated carbocycles. The van der Waals surface area contributed by atoms with Crippen molar-refractivity contribution in [3.63, 3.8) is 0 Å². The first-order valence-electron chi connectivity index (χ1n) is 7.55. The number of carbonyl (C=O) groups is 1. The van der Waals surface area contributed by atoms with Gasteiger partial charge in [-0.05, 0) is 31.7 Å². The molecule has 0 aromatic heterocycles. The molecule has 0 aromatic rings. The van der Waals surface area contributed by atoms with Crippen LogP contribution in [0.15, 0.2) is 0 Å². The summed E-state index contributed by atoms with van der Waals surface area (Å²) < 4.78 is 0. The summed E-state index contributed by atoms with van der Waals surface area (Å²) >= 11 is 0. The standard InChI is InChI=1S/C14H25N3O2/c18-11-14-9-15-6-12(14)7-16(10-14)8-13(19)17-4-2-1-3-5-17/h12,15,18H,1-11H2. The van der Waals surface area contributed by atoms with Gasteiger partial charge in [-0.1, -0.05) is 0 Å². The second kappa shape index (κ2) is 5.38. The second-order valence-corrected chi connectivity index (χ2v) is 6.46. The van der Waals surface area contributed by atoms with Crippen molar-refractivity contribution in [1.29, 1.82) is 0 Å². The first kappa shape index (κ1) is 13.3. The molecule has 0 aromatic carbocycles. The molecule has 0 bridgehead atoms. The fraction of sp³-hybridized carbons (Fsp3) is 0.929. The van der Waals surface area contributed by atoms with Crippen molar-refractivity contribution in [2.45, 2.75) is 19.3 Å². The Labute approximate surface area is 114 Å². The minimum atomic E-state index is 0.00216. The number of rotatable bonds is 3. The number of piperidine rings is 1. The fourth-order valence-corrected chi connectivity index (χ4v) is 3.91. The highest BCUT2D eigenvalue weighted by Gasteiger charge is 2.49. The maximum atomic E-state index is 12.3. The van der Waals surface area contributed by atoms with E-state index in [-0.39, 0.29) is 17.9 Å². The topological polar surface area (TPSA) is 55.8 Å². The molecule has 3 heterocycles. The Kier molecular flexibility index (Phi) is 3.78. The molecule has 2 N–H and O–H groups in total. The van der Waals surface area contributed by atoms with E-state index in [1.54, 1.807) is 0 Å². The average Bonchev–Trinajstić information content (AvgIpc) is 2.96. The van der Waals surface area contributed by atoms with Crippen LogP contribution < -0.4 is 5.32 Å². The zero-order valence-electron chi connectivity index (χ0n) is 11.6. The summed E-state index contributed by atoms with van der Waals surface area (Å²) in [5, 5.41) is 13.0. The Morgan fingerprint density at radius 3 is 2.79 bits per heavy atom. The van der Waals surface area contributed by atoms with Gasteiger partial charge in [0.1, 0.15) is 0 Å². The van der Waals surface area contributed by atoms with Crippen LogP contribution in [-0.2, 0) is 4.79 Å². The van der Waals surface area contributed by atoms with Crippen molar-refractivity contribution in [1.82, 2.24) is 15.1 Å². The average molecular weight is 267 g/mol. The molecular weight excluding hydrogens is 242 g/mol. The largest absolute Gasteiger partial charge is 0.396 e. The first-order chi connectivity index (χ1) is 9.23. The summed E-state index contributed by atoms with van der Waals surface area (Å²) in [6.45, 7) is 6.33. The number of aliphatic hydroxyl groups excluding tert-OH is 1. The molecule has 19 heavy (non-hydrogen) atoms. The summed E-state index contributed by atoms with van der Waals surface area (Å²) in [6, 6.07) is 0. The van der Waals surface area contributed by atoms with Crippen LogP contribution in [-0.4, -0.2) is 73.2 Å². The maximum absolute atomic E-state index is 12.3. The van der Waals surface area contributed by atoms with E-state index in [4.69, 9.17) is 0 Å². The predicted molar refractivity (Wildman–Crippen MR) is 72.7 cm³/mol. The van der Waals surface area contributed by atoms with Crippen LogP contribution in [0.3, 0.4) is 0 Å². The van der Waals surface area contributed by atoms with Gasteiger partial charge in [-0.25, -0.2) is 0 Å². The zero-order valence-corrected chi connectivity index (χ0v) is 11.6. The van der Waals surface area contributed by atoms with Gasteiger partial charge in [-0.3, -0.25) is 9.69 Å². The number of hydrogen-bond donors (Lipinski definition) is 2. The molecule has 3 aliphatic heterocycles. The lowest BCUT2D eigenvalue weighted by Crippen LogP contribution is -2.43. The van der Waals surface area contributed by atoms with Crippen molar-refractivity contribution in [2.24, 2.45) is 11.3 Å². The van der Waals surface area contributed by atoms with Gasteiger partial charge in [0.15, 0.2) is 0 Å². The molecule has 0 aliphatic carbocycles. The molecule has 1 amide bonds. The number of amides is 1. The summed E-state index contributed by atoms with van der Waals surface area (Å²) in [7, 11) is 0. The normalized spacial score (nSPS) is 35.6. The molecule has 5 nitrogen and oxygen atoms in total. The van der Waals surface area contributed by atoms with E-state index in [0.717, 1.165) is 52.1 Å². The van der Waals surface area contributed by atoms with Gasteiger partial charge in [-0.2, -0.15) is 0 Å². The fourth-order valence-electron chi connectivity index (χ4n) is 3.91. The molecule has 2 atom stereocenters. The quantitative estimate of drug-likeness (QED) is 0.725. The smallest absolute Gasteiger partial charge is 0.236 e. The van der Waals surface area contributed by atoms with Gasteiger partial charge in [-0.15, -0.1) is 0 Å². The van der Waals surface area contributed by atoms with Gasteiger partial charge in [0.25, 0.3) is 0 Å². The van der Waals surface area contributed by atoms with Crippen molar-refractivity contribution >= 4 is 5.91 Å². The minimum absolute atomic E-state index is 0.00216. The molecule has 0 radical (unpaired) electrons. The Balaban J connectivity index is 1.55. The molecular formula is C14H25N3O2. The van der Waals surface area contributed by atoms with Crippen LogP contribution in [0.1, 0.15) is 19.3 Å². The number of fused-ring (bicyclic) bond motifs is 1. The number of nitrogens with zero attached hydrogens (tertiary/aromatic N) is 2. The molecule has 2 unspecified atom stereocenters. The lowest BCUT2D eigenvalue weighted by atomic mass is 9.82. The summed E-state index contributed by atoms with van der Waals surface area (Å²) in [5.74, 6) is 0.785. The molecule has 108 valence electrons. The van der Waals surface area contributed by atoms with E-state index >= 15 is 0 Å². The number of aliphatic hydroxyl groups is 1. The third-order valence-corrected chi connectivity index (χ3v) is 5.13. The van der Waals surface area contributed by atoms with Crippen LogP contribution in [0.25, 0.3) is 0 Å². The second-order valence-electron chi connectivity index (χ2n) is 6.46. The summed E-state index contributed by atoms with van der Waals surface area (Å²) in [6.07, 6.45) is 3.56. The monoisotopic (exact) mass is 267 g/mol. The molecule has 3 fully saturated rings. The van der Waals surface area contributed by atoms with Gasteiger partial charge >= 0.3 is 0 Å². The highest BCUT2D eigenvalue weighted by atomic mass is 16.3. The third-order valence-electron chi connectivity index (χ3n) is 5.13. The van der Waals surface area contributed by atoms with Gasteiger partial charge in [0, 0.05) is 38.1 Å². The van der Waals surface area contributed by atoms with Gasteiger partial charge in [0.2, 0.25) is 5.91 Å². The number of carbonyl (C=O) groups excluding carboxylic acids is 1. The Morgan fingerprint density at radius 1 is 1.32 bits per heavy atom. The number of likely N-dealkylation sites (tertiary alicyclic amines) is 2. The van der Waals surface area contributed by atoms with E-state index in [1.165, 1.54) is 6.42 Å². The van der Waals surface area contributed by atoms with E-state index in [9.17, 15) is 9.90 Å². The van der Waals surface area contributed by atoms with E-state index in [1.807, 2.05) is 4.90 Å². The minimum Gasteiger partial charge on any atom is -0.396 e. The predicted octanol–water partition coefficient (Wildman–Crippen LogP) is -0.487. The first-order valence-corrected chi connectivity index (χ1v) is 7.55. The van der Waals surface area contributed by atoms with E-state index in [2.05, 4.69) is 10.2 Å². The lowest BCUT2D eigenvalue weighted by Gasteiger charge is -2.29. The van der Waals surface area contributed by atoms with Crippen LogP contribution in [0.4, 0.5) is 0 Å². The molecule has 0 spiro atoms. The summed E-state index contributed by atoms with van der Waals surface area (Å²) in [5.41, 5.74) is 0.00216. The van der Waals surface area contributed by atoms with Gasteiger partial charge in [0.05, 0.1) is 13.2 Å². The molecule has 5 heteroatoms. The van der Waals surface area contributed by atoms with E-state index in [0.29, 0.717) is 12.5 Å². The van der Waals surface area contributed by atoms with Crippen LogP contribution >= 0.6 is 0 Å². The van der Waals surface area contributed by atoms with Gasteiger partial charge < -0.3 is 15.3 Å². The van der Waals surface area contributed by atoms with Crippen molar-refractivity contribution in [3.05, 3.63) is 0 Å². The zero-order chi connectivity index (χ0) is 13.3. The Morgan fingerprint density at radius 2 is 2.11 bits per heavy atom. The highest BCUT2D eigenvalue weighted by Crippen LogP contribution is 2.38. The number of hydrogen-bond acceptors (Lipinski definition) is 4. The molecule has 3 saturated heterocycles. The molecule has 3 aliphatic rings. The van der Waals surface area contributed by atoms with Crippen LogP contribution in [0.5, 0.6) is 0 Å². The summed E-state index contributed by atoms with van der Waals surface area (Å²) in [4.78, 5) is 16.5. The van der Waals surface area contributed by atoms with Crippen LogP contribution in [0, 0.1) is 11.3 Å². The third kappa shape index (κ3) is 2.51. The van der Waals surface area contributed by atoms with Crippen molar-refractivity contribution < 1.29 is 9.90 Å². The highest BCUT2D eigenvalue weighted by molar-refractivity contribution is 5.78. The molecule has 3 rings (SSSR count). The van der Waals surface area contributed by atoms with Crippen molar-refractivity contribution in [2.75, 3.05) is 52.4 Å². The van der Waals surface area contributed by atoms with Crippen LogP contribution in [0.2, 0.25) is 0 Å². The van der Waals surface area contributed by atoms with E-state index < -0.39 is 0 Å². The SMILES string of the molecule is O=C(CN1CC2CNCC2(CO)C1)N1CCCCC1.